The van der Waals surface area contributed by atoms with Crippen LogP contribution in [0.4, 0.5) is 5.69 Å². The minimum Gasteiger partial charge on any atom is -0.338 e. The van der Waals surface area contributed by atoms with Gasteiger partial charge >= 0.3 is 0 Å². The first-order chi connectivity index (χ1) is 11.2. The molecule has 0 aliphatic carbocycles. The number of nitrogens with zero attached hydrogens (tertiary/aromatic N) is 3. The van der Waals surface area contributed by atoms with E-state index in [1.807, 2.05) is 37.3 Å². The number of para-hydroxylation sites is 1. The molecule has 0 radical (unpaired) electrons. The number of hydrogen-bond acceptors (Lipinski definition) is 5. The molecule has 2 heterocycles. The summed E-state index contributed by atoms with van der Waals surface area (Å²) in [6, 6.07) is 9.59. The van der Waals surface area contributed by atoms with E-state index in [4.69, 9.17) is 4.52 Å². The maximum Gasteiger partial charge on any atom is 0.240 e. The molecule has 1 amide bonds. The number of rotatable bonds is 5. The molecule has 1 unspecified atom stereocenters. The lowest BCUT2D eigenvalue weighted by atomic mass is 9.97. The van der Waals surface area contributed by atoms with E-state index in [1.165, 1.54) is 0 Å². The molecular weight excluding hydrogens is 292 g/mol. The Morgan fingerprint density at radius 3 is 2.96 bits per heavy atom. The average Bonchev–Trinajstić information content (AvgIpc) is 3.03. The molecule has 1 aliphatic heterocycles. The van der Waals surface area contributed by atoms with Crippen LogP contribution in [-0.2, 0) is 17.8 Å². The van der Waals surface area contributed by atoms with Crippen molar-refractivity contribution in [1.29, 1.82) is 0 Å². The number of aromatic nitrogens is 2. The number of carbonyl (C=O) groups excluding carboxylic acids is 1. The van der Waals surface area contributed by atoms with E-state index in [0.717, 1.165) is 43.9 Å². The van der Waals surface area contributed by atoms with Gasteiger partial charge in [-0.3, -0.25) is 9.69 Å². The van der Waals surface area contributed by atoms with Gasteiger partial charge in [0.15, 0.2) is 5.82 Å². The molecule has 23 heavy (non-hydrogen) atoms. The number of likely N-dealkylation sites (tertiary alicyclic amines) is 1. The van der Waals surface area contributed by atoms with Crippen LogP contribution in [0.2, 0.25) is 0 Å². The lowest BCUT2D eigenvalue weighted by molar-refractivity contribution is -0.121. The largest absolute Gasteiger partial charge is 0.338 e. The molecule has 1 saturated heterocycles. The lowest BCUT2D eigenvalue weighted by Crippen LogP contribution is -2.40. The number of carbonyl (C=O) groups is 1. The Bertz CT molecular complexity index is 641. The zero-order valence-electron chi connectivity index (χ0n) is 13.4. The summed E-state index contributed by atoms with van der Waals surface area (Å²) < 4.78 is 5.25. The fourth-order valence-electron chi connectivity index (χ4n) is 2.87. The Kier molecular flexibility index (Phi) is 5.02. The summed E-state index contributed by atoms with van der Waals surface area (Å²) in [5.74, 6) is 1.44. The van der Waals surface area contributed by atoms with Gasteiger partial charge in [0.05, 0.1) is 12.5 Å². The van der Waals surface area contributed by atoms with Crippen LogP contribution in [0.3, 0.4) is 0 Å². The summed E-state index contributed by atoms with van der Waals surface area (Å²) in [7, 11) is 0. The highest BCUT2D eigenvalue weighted by molar-refractivity contribution is 5.92. The fourth-order valence-corrected chi connectivity index (χ4v) is 2.87. The second kappa shape index (κ2) is 7.37. The van der Waals surface area contributed by atoms with E-state index in [1.54, 1.807) is 0 Å². The standard InChI is InChI=1S/C17H22N4O2/c1-2-15-19-16(23-20-15)12-21-10-6-7-13(11-21)17(22)18-14-8-4-3-5-9-14/h3-5,8-9,13H,2,6-7,10-12H2,1H3,(H,18,22). The van der Waals surface area contributed by atoms with Gasteiger partial charge in [-0.1, -0.05) is 30.3 Å². The SMILES string of the molecule is CCc1noc(CN2CCCC(C(=O)Nc3ccccc3)C2)n1. The summed E-state index contributed by atoms with van der Waals surface area (Å²) in [4.78, 5) is 19.0. The van der Waals surface area contributed by atoms with Gasteiger partial charge in [0, 0.05) is 18.7 Å². The number of piperidine rings is 1. The first kappa shape index (κ1) is 15.7. The quantitative estimate of drug-likeness (QED) is 0.918. The molecule has 1 aromatic carbocycles. The molecule has 122 valence electrons. The van der Waals surface area contributed by atoms with Crippen molar-refractivity contribution in [2.24, 2.45) is 5.92 Å². The molecular formula is C17H22N4O2. The average molecular weight is 314 g/mol. The second-order valence-electron chi connectivity index (χ2n) is 5.89. The molecule has 6 heteroatoms. The Morgan fingerprint density at radius 1 is 1.39 bits per heavy atom. The normalized spacial score (nSPS) is 18.7. The van der Waals surface area contributed by atoms with E-state index >= 15 is 0 Å². The van der Waals surface area contributed by atoms with Gasteiger partial charge in [-0.15, -0.1) is 0 Å². The van der Waals surface area contributed by atoms with Crippen molar-refractivity contribution in [3.05, 3.63) is 42.0 Å². The molecule has 0 saturated carbocycles. The summed E-state index contributed by atoms with van der Waals surface area (Å²) in [6.45, 7) is 4.29. The second-order valence-corrected chi connectivity index (χ2v) is 5.89. The van der Waals surface area contributed by atoms with Gasteiger partial charge in [-0.25, -0.2) is 0 Å². The van der Waals surface area contributed by atoms with Crippen molar-refractivity contribution >= 4 is 11.6 Å². The maximum absolute atomic E-state index is 12.4. The van der Waals surface area contributed by atoms with Crippen molar-refractivity contribution in [2.45, 2.75) is 32.7 Å². The van der Waals surface area contributed by atoms with Crippen LogP contribution in [0.25, 0.3) is 0 Å². The third-order valence-electron chi connectivity index (χ3n) is 4.10. The van der Waals surface area contributed by atoms with E-state index in [9.17, 15) is 4.79 Å². The highest BCUT2D eigenvalue weighted by atomic mass is 16.5. The lowest BCUT2D eigenvalue weighted by Gasteiger charge is -2.30. The monoisotopic (exact) mass is 314 g/mol. The van der Waals surface area contributed by atoms with Crippen molar-refractivity contribution < 1.29 is 9.32 Å². The molecule has 1 aliphatic rings. The van der Waals surface area contributed by atoms with Crippen LogP contribution in [0, 0.1) is 5.92 Å². The molecule has 1 atom stereocenters. The maximum atomic E-state index is 12.4. The van der Waals surface area contributed by atoms with Crippen LogP contribution in [-0.4, -0.2) is 34.0 Å². The predicted octanol–water partition coefficient (Wildman–Crippen LogP) is 2.48. The summed E-state index contributed by atoms with van der Waals surface area (Å²) in [5, 5.41) is 6.91. The molecule has 2 aromatic rings. The number of nitrogens with one attached hydrogen (secondary N) is 1. The fraction of sp³-hybridized carbons (Fsp3) is 0.471. The molecule has 6 nitrogen and oxygen atoms in total. The minimum absolute atomic E-state index is 0.00229. The van der Waals surface area contributed by atoms with Gasteiger partial charge < -0.3 is 9.84 Å². The number of hydrogen-bond donors (Lipinski definition) is 1. The van der Waals surface area contributed by atoms with E-state index in [2.05, 4.69) is 20.4 Å². The number of aryl methyl sites for hydroxylation is 1. The van der Waals surface area contributed by atoms with Crippen molar-refractivity contribution in [1.82, 2.24) is 15.0 Å². The van der Waals surface area contributed by atoms with Gasteiger partial charge in [-0.05, 0) is 31.5 Å². The van der Waals surface area contributed by atoms with Gasteiger partial charge in [-0.2, -0.15) is 4.98 Å². The van der Waals surface area contributed by atoms with E-state index in [-0.39, 0.29) is 11.8 Å². The molecule has 0 bridgehead atoms. The zero-order valence-corrected chi connectivity index (χ0v) is 13.4. The van der Waals surface area contributed by atoms with Crippen LogP contribution in [0.1, 0.15) is 31.5 Å². The highest BCUT2D eigenvalue weighted by Crippen LogP contribution is 2.20. The minimum atomic E-state index is -0.00229. The molecule has 1 N–H and O–H groups in total. The first-order valence-electron chi connectivity index (χ1n) is 8.14. The molecule has 0 spiro atoms. The Labute approximate surface area is 135 Å². The third-order valence-corrected chi connectivity index (χ3v) is 4.10. The predicted molar refractivity (Wildman–Crippen MR) is 86.7 cm³/mol. The van der Waals surface area contributed by atoms with Gasteiger partial charge in [0.1, 0.15) is 0 Å². The van der Waals surface area contributed by atoms with Gasteiger partial charge in [0.2, 0.25) is 11.8 Å². The summed E-state index contributed by atoms with van der Waals surface area (Å²) in [6.07, 6.45) is 2.69. The van der Waals surface area contributed by atoms with Crippen LogP contribution < -0.4 is 5.32 Å². The van der Waals surface area contributed by atoms with E-state index in [0.29, 0.717) is 12.4 Å². The Hall–Kier alpha value is -2.21. The molecule has 3 rings (SSSR count). The molecule has 1 aromatic heterocycles. The Balaban J connectivity index is 1.56. The zero-order chi connectivity index (χ0) is 16.1. The summed E-state index contributed by atoms with van der Waals surface area (Å²) in [5.41, 5.74) is 0.846. The van der Waals surface area contributed by atoms with Crippen molar-refractivity contribution in [2.75, 3.05) is 18.4 Å². The van der Waals surface area contributed by atoms with Crippen LogP contribution >= 0.6 is 0 Å². The Morgan fingerprint density at radius 2 is 2.22 bits per heavy atom. The number of anilines is 1. The van der Waals surface area contributed by atoms with Gasteiger partial charge in [0.25, 0.3) is 0 Å². The van der Waals surface area contributed by atoms with E-state index < -0.39 is 0 Å². The van der Waals surface area contributed by atoms with Crippen LogP contribution in [0.5, 0.6) is 0 Å². The van der Waals surface area contributed by atoms with Crippen molar-refractivity contribution in [3.63, 3.8) is 0 Å². The summed E-state index contributed by atoms with van der Waals surface area (Å²) >= 11 is 0. The number of benzene rings is 1. The number of amides is 1. The smallest absolute Gasteiger partial charge is 0.240 e. The van der Waals surface area contributed by atoms with Crippen LogP contribution in [0.15, 0.2) is 34.9 Å². The third kappa shape index (κ3) is 4.16. The van der Waals surface area contributed by atoms with Crippen molar-refractivity contribution in [3.8, 4) is 0 Å². The first-order valence-corrected chi connectivity index (χ1v) is 8.14. The highest BCUT2D eigenvalue weighted by Gasteiger charge is 2.26. The topological polar surface area (TPSA) is 71.3 Å². The molecule has 1 fully saturated rings.